The summed E-state index contributed by atoms with van der Waals surface area (Å²) in [6.45, 7) is 8.94. The van der Waals surface area contributed by atoms with Crippen molar-refractivity contribution in [2.24, 2.45) is 0 Å². The summed E-state index contributed by atoms with van der Waals surface area (Å²) in [5.74, 6) is 0.915. The number of hydrogen-bond acceptors (Lipinski definition) is 3. The van der Waals surface area contributed by atoms with E-state index in [2.05, 4.69) is 43.1 Å². The second-order valence-corrected chi connectivity index (χ2v) is 5.77. The van der Waals surface area contributed by atoms with Gasteiger partial charge in [0.1, 0.15) is 5.75 Å². The van der Waals surface area contributed by atoms with Gasteiger partial charge in [-0.3, -0.25) is 0 Å². The zero-order valence-electron chi connectivity index (χ0n) is 11.9. The molecule has 1 heterocycles. The molecule has 1 saturated heterocycles. The van der Waals surface area contributed by atoms with Gasteiger partial charge in [-0.15, -0.1) is 0 Å². The molecule has 1 aromatic rings. The first-order valence-electron chi connectivity index (χ1n) is 6.67. The smallest absolute Gasteiger partial charge is 0.119 e. The van der Waals surface area contributed by atoms with E-state index in [1.807, 2.05) is 12.1 Å². The normalized spacial score (nSPS) is 23.6. The molecule has 1 aromatic carbocycles. The fraction of sp³-hybridized carbons (Fsp3) is 0.600. The monoisotopic (exact) mass is 248 g/mol. The number of rotatable bonds is 2. The highest BCUT2D eigenvalue weighted by atomic mass is 16.5. The Bertz CT molecular complexity index is 386. The molecule has 18 heavy (non-hydrogen) atoms. The van der Waals surface area contributed by atoms with E-state index in [0.717, 1.165) is 18.8 Å². The van der Waals surface area contributed by atoms with E-state index in [0.29, 0.717) is 6.04 Å². The maximum Gasteiger partial charge on any atom is 0.119 e. The minimum absolute atomic E-state index is 0.157. The van der Waals surface area contributed by atoms with Gasteiger partial charge in [-0.2, -0.15) is 0 Å². The van der Waals surface area contributed by atoms with Crippen LogP contribution in [-0.4, -0.2) is 31.8 Å². The highest BCUT2D eigenvalue weighted by Crippen LogP contribution is 2.25. The van der Waals surface area contributed by atoms with Crippen LogP contribution in [0.4, 0.5) is 5.69 Å². The predicted molar refractivity (Wildman–Crippen MR) is 76.5 cm³/mol. The fourth-order valence-electron chi connectivity index (χ4n) is 2.53. The van der Waals surface area contributed by atoms with E-state index < -0.39 is 0 Å². The first-order valence-corrected chi connectivity index (χ1v) is 6.67. The second kappa shape index (κ2) is 5.19. The van der Waals surface area contributed by atoms with Crippen LogP contribution >= 0.6 is 0 Å². The molecule has 1 aliphatic rings. The zero-order chi connectivity index (χ0) is 13.2. The lowest BCUT2D eigenvalue weighted by Crippen LogP contribution is -2.47. The number of hydrogen-bond donors (Lipinski definition) is 1. The molecule has 1 N–H and O–H groups in total. The number of anilines is 1. The van der Waals surface area contributed by atoms with Gasteiger partial charge in [0.2, 0.25) is 0 Å². The van der Waals surface area contributed by atoms with E-state index in [1.54, 1.807) is 7.11 Å². The van der Waals surface area contributed by atoms with Crippen LogP contribution in [0.15, 0.2) is 24.3 Å². The van der Waals surface area contributed by atoms with E-state index in [-0.39, 0.29) is 5.54 Å². The molecule has 100 valence electrons. The SMILES string of the molecule is COc1ccc(N2CC(C)(C)NCCC2C)cc1. The molecule has 1 atom stereocenters. The Labute approximate surface area is 110 Å². The van der Waals surface area contributed by atoms with Crippen molar-refractivity contribution in [3.05, 3.63) is 24.3 Å². The van der Waals surface area contributed by atoms with Gasteiger partial charge in [-0.1, -0.05) is 0 Å². The Kier molecular flexibility index (Phi) is 3.81. The van der Waals surface area contributed by atoms with Gasteiger partial charge in [-0.05, 0) is 58.0 Å². The second-order valence-electron chi connectivity index (χ2n) is 5.77. The van der Waals surface area contributed by atoms with Crippen molar-refractivity contribution in [3.63, 3.8) is 0 Å². The van der Waals surface area contributed by atoms with Gasteiger partial charge in [-0.25, -0.2) is 0 Å². The van der Waals surface area contributed by atoms with E-state index >= 15 is 0 Å². The van der Waals surface area contributed by atoms with E-state index in [1.165, 1.54) is 12.1 Å². The molecule has 3 heteroatoms. The van der Waals surface area contributed by atoms with Gasteiger partial charge in [0.05, 0.1) is 7.11 Å². The van der Waals surface area contributed by atoms with Crippen LogP contribution in [0.3, 0.4) is 0 Å². The Balaban J connectivity index is 2.22. The summed E-state index contributed by atoms with van der Waals surface area (Å²) in [5.41, 5.74) is 1.44. The first-order chi connectivity index (χ1) is 8.52. The van der Waals surface area contributed by atoms with Crippen LogP contribution in [0.5, 0.6) is 5.75 Å². The lowest BCUT2D eigenvalue weighted by Gasteiger charge is -2.34. The van der Waals surface area contributed by atoms with Crippen LogP contribution in [0.25, 0.3) is 0 Å². The third kappa shape index (κ3) is 2.96. The fourth-order valence-corrected chi connectivity index (χ4v) is 2.53. The van der Waals surface area contributed by atoms with E-state index in [9.17, 15) is 0 Å². The summed E-state index contributed by atoms with van der Waals surface area (Å²) in [4.78, 5) is 2.49. The van der Waals surface area contributed by atoms with Crippen molar-refractivity contribution in [2.75, 3.05) is 25.1 Å². The molecule has 0 saturated carbocycles. The molecule has 0 bridgehead atoms. The van der Waals surface area contributed by atoms with Crippen molar-refractivity contribution >= 4 is 5.69 Å². The standard InChI is InChI=1S/C15H24N2O/c1-12-9-10-16-15(2,3)11-17(12)13-5-7-14(18-4)8-6-13/h5-8,12,16H,9-11H2,1-4H3. The van der Waals surface area contributed by atoms with Crippen molar-refractivity contribution in [1.82, 2.24) is 5.32 Å². The minimum Gasteiger partial charge on any atom is -0.497 e. The summed E-state index contributed by atoms with van der Waals surface area (Å²) in [7, 11) is 1.70. The van der Waals surface area contributed by atoms with Crippen LogP contribution < -0.4 is 15.0 Å². The molecule has 0 amide bonds. The Morgan fingerprint density at radius 2 is 1.94 bits per heavy atom. The third-order valence-electron chi connectivity index (χ3n) is 3.67. The molecule has 0 radical (unpaired) electrons. The third-order valence-corrected chi connectivity index (χ3v) is 3.67. The Hall–Kier alpha value is -1.22. The average molecular weight is 248 g/mol. The number of methoxy groups -OCH3 is 1. The quantitative estimate of drug-likeness (QED) is 0.871. The van der Waals surface area contributed by atoms with Gasteiger partial charge >= 0.3 is 0 Å². The Morgan fingerprint density at radius 1 is 1.28 bits per heavy atom. The molecule has 1 unspecified atom stereocenters. The number of nitrogens with one attached hydrogen (secondary N) is 1. The largest absolute Gasteiger partial charge is 0.497 e. The maximum absolute atomic E-state index is 5.22. The average Bonchev–Trinajstić information content (AvgIpc) is 2.48. The number of benzene rings is 1. The lowest BCUT2D eigenvalue weighted by molar-refractivity contribution is 0.413. The summed E-state index contributed by atoms with van der Waals surface area (Å²) in [6, 6.07) is 8.93. The Morgan fingerprint density at radius 3 is 2.56 bits per heavy atom. The topological polar surface area (TPSA) is 24.5 Å². The van der Waals surface area contributed by atoms with Gasteiger partial charge in [0.15, 0.2) is 0 Å². The molecule has 3 nitrogen and oxygen atoms in total. The molecular formula is C15H24N2O. The number of ether oxygens (including phenoxy) is 1. The van der Waals surface area contributed by atoms with Crippen LogP contribution in [-0.2, 0) is 0 Å². The summed E-state index contributed by atoms with van der Waals surface area (Å²) in [5, 5.41) is 3.61. The van der Waals surface area contributed by atoms with Crippen molar-refractivity contribution in [3.8, 4) is 5.75 Å². The molecule has 2 rings (SSSR count). The van der Waals surface area contributed by atoms with E-state index in [4.69, 9.17) is 4.74 Å². The lowest BCUT2D eigenvalue weighted by atomic mass is 10.0. The van der Waals surface area contributed by atoms with Gasteiger partial charge < -0.3 is 15.0 Å². The molecule has 0 aromatic heterocycles. The highest BCUT2D eigenvalue weighted by molar-refractivity contribution is 5.50. The minimum atomic E-state index is 0.157. The molecular weight excluding hydrogens is 224 g/mol. The van der Waals surface area contributed by atoms with Crippen LogP contribution in [0.1, 0.15) is 27.2 Å². The van der Waals surface area contributed by atoms with Crippen molar-refractivity contribution in [1.29, 1.82) is 0 Å². The number of nitrogens with zero attached hydrogens (tertiary/aromatic N) is 1. The maximum atomic E-state index is 5.22. The summed E-state index contributed by atoms with van der Waals surface area (Å²) < 4.78 is 5.22. The van der Waals surface area contributed by atoms with Gasteiger partial charge in [0.25, 0.3) is 0 Å². The zero-order valence-corrected chi connectivity index (χ0v) is 11.9. The van der Waals surface area contributed by atoms with Gasteiger partial charge in [0, 0.05) is 23.8 Å². The van der Waals surface area contributed by atoms with Crippen molar-refractivity contribution in [2.45, 2.75) is 38.8 Å². The highest BCUT2D eigenvalue weighted by Gasteiger charge is 2.27. The van der Waals surface area contributed by atoms with Crippen LogP contribution in [0.2, 0.25) is 0 Å². The van der Waals surface area contributed by atoms with Crippen molar-refractivity contribution < 1.29 is 4.74 Å². The predicted octanol–water partition coefficient (Wildman–Crippen LogP) is 2.66. The summed E-state index contributed by atoms with van der Waals surface area (Å²) >= 11 is 0. The summed E-state index contributed by atoms with van der Waals surface area (Å²) in [6.07, 6.45) is 1.18. The molecule has 1 fully saturated rings. The van der Waals surface area contributed by atoms with Crippen LogP contribution in [0, 0.1) is 0 Å². The molecule has 1 aliphatic heterocycles. The first kappa shape index (κ1) is 13.2. The molecule has 0 spiro atoms. The molecule has 0 aliphatic carbocycles.